The first-order chi connectivity index (χ1) is 9.49. The van der Waals surface area contributed by atoms with Crippen LogP contribution in [0.15, 0.2) is 27.6 Å². The van der Waals surface area contributed by atoms with E-state index in [1.807, 2.05) is 0 Å². The van der Waals surface area contributed by atoms with E-state index in [0.29, 0.717) is 12.5 Å². The predicted octanol–water partition coefficient (Wildman–Crippen LogP) is 2.26. The van der Waals surface area contributed by atoms with Crippen molar-refractivity contribution in [2.75, 3.05) is 19.6 Å². The first-order valence-electron chi connectivity index (χ1n) is 6.64. The van der Waals surface area contributed by atoms with Crippen LogP contribution in [0.3, 0.4) is 0 Å². The van der Waals surface area contributed by atoms with Crippen LogP contribution in [-0.2, 0) is 10.0 Å². The Bertz CT molecular complexity index is 559. The highest BCUT2D eigenvalue weighted by molar-refractivity contribution is 9.10. The average molecular weight is 365 g/mol. The van der Waals surface area contributed by atoms with Gasteiger partial charge in [0.2, 0.25) is 10.0 Å². The van der Waals surface area contributed by atoms with Crippen LogP contribution in [0.2, 0.25) is 0 Å². The van der Waals surface area contributed by atoms with Crippen LogP contribution in [0.4, 0.5) is 4.39 Å². The van der Waals surface area contributed by atoms with E-state index in [1.54, 1.807) is 0 Å². The summed E-state index contributed by atoms with van der Waals surface area (Å²) in [5.74, 6) is 0.0483. The Labute approximate surface area is 127 Å². The zero-order valence-corrected chi connectivity index (χ0v) is 13.4. The van der Waals surface area contributed by atoms with Crippen molar-refractivity contribution in [3.63, 3.8) is 0 Å². The van der Waals surface area contributed by atoms with Gasteiger partial charge in [0, 0.05) is 11.0 Å². The van der Waals surface area contributed by atoms with Crippen molar-refractivity contribution in [2.24, 2.45) is 5.92 Å². The van der Waals surface area contributed by atoms with E-state index >= 15 is 0 Å². The summed E-state index contributed by atoms with van der Waals surface area (Å²) in [6.07, 6.45) is 3.08. The van der Waals surface area contributed by atoms with E-state index < -0.39 is 15.8 Å². The molecule has 1 atom stereocenters. The number of halogens is 2. The second kappa shape index (κ2) is 6.98. The molecule has 0 aliphatic carbocycles. The first kappa shape index (κ1) is 15.9. The minimum absolute atomic E-state index is 0.0701. The maximum atomic E-state index is 13.0. The molecule has 1 heterocycles. The maximum Gasteiger partial charge on any atom is 0.241 e. The Kier molecular flexibility index (Phi) is 5.54. The highest BCUT2D eigenvalue weighted by Crippen LogP contribution is 2.22. The van der Waals surface area contributed by atoms with E-state index in [0.717, 1.165) is 44.5 Å². The Morgan fingerprint density at radius 1 is 1.45 bits per heavy atom. The molecule has 1 unspecified atom stereocenters. The van der Waals surface area contributed by atoms with Crippen molar-refractivity contribution < 1.29 is 12.8 Å². The van der Waals surface area contributed by atoms with Crippen molar-refractivity contribution in [1.29, 1.82) is 0 Å². The topological polar surface area (TPSA) is 58.2 Å². The van der Waals surface area contributed by atoms with Gasteiger partial charge in [-0.05, 0) is 72.4 Å². The summed E-state index contributed by atoms with van der Waals surface area (Å²) in [7, 11) is -3.59. The molecule has 0 bridgehead atoms. The van der Waals surface area contributed by atoms with Gasteiger partial charge in [0.25, 0.3) is 0 Å². The lowest BCUT2D eigenvalue weighted by atomic mass is 9.96. The summed E-state index contributed by atoms with van der Waals surface area (Å²) < 4.78 is 40.0. The van der Waals surface area contributed by atoms with Gasteiger partial charge in [-0.2, -0.15) is 0 Å². The fraction of sp³-hybridized carbons (Fsp3) is 0.538. The second-order valence-electron chi connectivity index (χ2n) is 4.97. The molecule has 1 saturated heterocycles. The molecule has 1 aliphatic rings. The predicted molar refractivity (Wildman–Crippen MR) is 79.5 cm³/mol. The maximum absolute atomic E-state index is 13.0. The number of benzene rings is 1. The molecule has 1 aromatic carbocycles. The van der Waals surface area contributed by atoms with E-state index in [9.17, 15) is 12.8 Å². The summed E-state index contributed by atoms with van der Waals surface area (Å²) in [6.45, 7) is 2.39. The molecule has 4 nitrogen and oxygen atoms in total. The molecule has 1 aliphatic heterocycles. The molecular formula is C13H18BrFN2O2S. The van der Waals surface area contributed by atoms with Crippen LogP contribution in [0, 0.1) is 11.7 Å². The molecule has 1 fully saturated rings. The van der Waals surface area contributed by atoms with Crippen LogP contribution in [0.5, 0.6) is 0 Å². The number of nitrogens with one attached hydrogen (secondary N) is 2. The zero-order valence-electron chi connectivity index (χ0n) is 11.0. The molecule has 1 aromatic rings. The Hall–Kier alpha value is -0.500. The highest BCUT2D eigenvalue weighted by Gasteiger charge is 2.19. The minimum atomic E-state index is -3.59. The number of hydrogen-bond acceptors (Lipinski definition) is 3. The number of piperidine rings is 1. The van der Waals surface area contributed by atoms with Crippen LogP contribution in [-0.4, -0.2) is 28.1 Å². The van der Waals surface area contributed by atoms with Crippen LogP contribution < -0.4 is 10.0 Å². The van der Waals surface area contributed by atoms with Gasteiger partial charge in [0.05, 0.1) is 4.90 Å². The van der Waals surface area contributed by atoms with Gasteiger partial charge in [0.15, 0.2) is 0 Å². The van der Waals surface area contributed by atoms with Crippen LogP contribution in [0.1, 0.15) is 19.3 Å². The van der Waals surface area contributed by atoms with Gasteiger partial charge in [-0.25, -0.2) is 17.5 Å². The van der Waals surface area contributed by atoms with Crippen molar-refractivity contribution in [2.45, 2.75) is 24.2 Å². The SMILES string of the molecule is O=S(=O)(NCCC1CCCNC1)c1ccc(F)cc1Br. The molecule has 7 heteroatoms. The van der Waals surface area contributed by atoms with Gasteiger partial charge < -0.3 is 5.32 Å². The highest BCUT2D eigenvalue weighted by atomic mass is 79.9. The van der Waals surface area contributed by atoms with E-state index in [4.69, 9.17) is 0 Å². The van der Waals surface area contributed by atoms with Gasteiger partial charge in [-0.1, -0.05) is 0 Å². The normalized spacial score (nSPS) is 20.0. The summed E-state index contributed by atoms with van der Waals surface area (Å²) >= 11 is 3.08. The van der Waals surface area contributed by atoms with Crippen molar-refractivity contribution in [3.8, 4) is 0 Å². The Balaban J connectivity index is 1.93. The van der Waals surface area contributed by atoms with Crippen molar-refractivity contribution in [1.82, 2.24) is 10.0 Å². The fourth-order valence-electron chi connectivity index (χ4n) is 2.34. The summed E-state index contributed by atoms with van der Waals surface area (Å²) in [5.41, 5.74) is 0. The monoisotopic (exact) mass is 364 g/mol. The molecule has 0 spiro atoms. The number of hydrogen-bond donors (Lipinski definition) is 2. The Morgan fingerprint density at radius 3 is 2.90 bits per heavy atom. The van der Waals surface area contributed by atoms with Crippen molar-refractivity contribution >= 4 is 26.0 Å². The summed E-state index contributed by atoms with van der Waals surface area (Å²) in [6, 6.07) is 3.56. The van der Waals surface area contributed by atoms with Crippen molar-refractivity contribution in [3.05, 3.63) is 28.5 Å². The Morgan fingerprint density at radius 2 is 2.25 bits per heavy atom. The molecule has 112 valence electrons. The minimum Gasteiger partial charge on any atom is -0.316 e. The molecule has 0 aromatic heterocycles. The van der Waals surface area contributed by atoms with Gasteiger partial charge >= 0.3 is 0 Å². The van der Waals surface area contributed by atoms with Gasteiger partial charge in [-0.15, -0.1) is 0 Å². The summed E-state index contributed by atoms with van der Waals surface area (Å²) in [4.78, 5) is 0.0701. The molecule has 2 N–H and O–H groups in total. The number of rotatable bonds is 5. The third-order valence-corrected chi connectivity index (χ3v) is 5.86. The van der Waals surface area contributed by atoms with E-state index in [-0.39, 0.29) is 9.37 Å². The molecular weight excluding hydrogens is 347 g/mol. The molecule has 2 rings (SSSR count). The second-order valence-corrected chi connectivity index (χ2v) is 7.56. The standard InChI is InChI=1S/C13H18BrFN2O2S/c14-12-8-11(15)3-4-13(12)20(18,19)17-7-5-10-2-1-6-16-9-10/h3-4,8,10,16-17H,1-2,5-7,9H2. The molecule has 0 saturated carbocycles. The van der Waals surface area contributed by atoms with E-state index in [1.165, 1.54) is 6.07 Å². The van der Waals surface area contributed by atoms with Gasteiger partial charge in [0.1, 0.15) is 5.82 Å². The lowest BCUT2D eigenvalue weighted by Crippen LogP contribution is -2.33. The lowest BCUT2D eigenvalue weighted by molar-refractivity contribution is 0.358. The van der Waals surface area contributed by atoms with Gasteiger partial charge in [-0.3, -0.25) is 0 Å². The summed E-state index contributed by atoms with van der Waals surface area (Å²) in [5, 5.41) is 3.30. The molecule has 0 radical (unpaired) electrons. The average Bonchev–Trinajstić information content (AvgIpc) is 2.39. The third-order valence-electron chi connectivity index (χ3n) is 3.43. The van der Waals surface area contributed by atoms with Crippen LogP contribution >= 0.6 is 15.9 Å². The third kappa shape index (κ3) is 4.25. The van der Waals surface area contributed by atoms with E-state index in [2.05, 4.69) is 26.0 Å². The van der Waals surface area contributed by atoms with Crippen LogP contribution in [0.25, 0.3) is 0 Å². The zero-order chi connectivity index (χ0) is 14.6. The molecule has 20 heavy (non-hydrogen) atoms. The fourth-order valence-corrected chi connectivity index (χ4v) is 4.43. The smallest absolute Gasteiger partial charge is 0.241 e. The largest absolute Gasteiger partial charge is 0.316 e. The first-order valence-corrected chi connectivity index (χ1v) is 8.92. The quantitative estimate of drug-likeness (QED) is 0.842. The lowest BCUT2D eigenvalue weighted by Gasteiger charge is -2.22. The molecule has 0 amide bonds. The number of sulfonamides is 1.